The van der Waals surface area contributed by atoms with Crippen LogP contribution in [0.2, 0.25) is 0 Å². The number of benzene rings is 1. The number of hydrogen-bond acceptors (Lipinski definition) is 3. The van der Waals surface area contributed by atoms with Crippen LogP contribution in [0.5, 0.6) is 0 Å². The third kappa shape index (κ3) is 4.38. The second kappa shape index (κ2) is 6.64. The first kappa shape index (κ1) is 14.0. The minimum absolute atomic E-state index is 0.0614. The van der Waals surface area contributed by atoms with Crippen molar-refractivity contribution in [1.29, 1.82) is 0 Å². The largest absolute Gasteiger partial charge is 0.309 e. The molecule has 0 fully saturated rings. The molecule has 0 aromatic heterocycles. The molecule has 1 unspecified atom stereocenters. The Labute approximate surface area is 101 Å². The smallest absolute Gasteiger partial charge is 0.162 e. The van der Waals surface area contributed by atoms with Gasteiger partial charge in [0.25, 0.3) is 0 Å². The second-order valence-electron chi connectivity index (χ2n) is 4.37. The first-order valence-electron chi connectivity index (χ1n) is 5.58. The Morgan fingerprint density at radius 3 is 2.65 bits per heavy atom. The molecule has 5 heteroatoms. The fraction of sp³-hybridized carbons (Fsp3) is 0.500. The zero-order valence-corrected chi connectivity index (χ0v) is 10.2. The summed E-state index contributed by atoms with van der Waals surface area (Å²) in [7, 11) is 3.91. The van der Waals surface area contributed by atoms with Crippen molar-refractivity contribution in [3.8, 4) is 0 Å². The molecule has 0 radical (unpaired) electrons. The van der Waals surface area contributed by atoms with E-state index in [2.05, 4.69) is 5.43 Å². The summed E-state index contributed by atoms with van der Waals surface area (Å²) in [6, 6.07) is 4.14. The molecule has 1 aromatic rings. The third-order valence-corrected chi connectivity index (χ3v) is 2.66. The molecule has 1 aromatic carbocycles. The fourth-order valence-corrected chi connectivity index (χ4v) is 1.63. The summed E-state index contributed by atoms with van der Waals surface area (Å²) in [5.74, 6) is 3.82. The Balaban J connectivity index is 2.64. The number of hydrazine groups is 1. The SMILES string of the molecule is CN(C)CCC(Cc1cccc(F)c1F)NN. The van der Waals surface area contributed by atoms with Crippen molar-refractivity contribution in [2.24, 2.45) is 5.84 Å². The fourth-order valence-electron chi connectivity index (χ4n) is 1.63. The van der Waals surface area contributed by atoms with Crippen LogP contribution in [-0.4, -0.2) is 31.6 Å². The molecule has 0 spiro atoms. The summed E-state index contributed by atoms with van der Waals surface area (Å²) in [5.41, 5.74) is 2.99. The maximum atomic E-state index is 13.4. The topological polar surface area (TPSA) is 41.3 Å². The van der Waals surface area contributed by atoms with Gasteiger partial charge in [0.1, 0.15) is 0 Å². The van der Waals surface area contributed by atoms with Gasteiger partial charge in [0.2, 0.25) is 0 Å². The van der Waals surface area contributed by atoms with Gasteiger partial charge in [-0.2, -0.15) is 0 Å². The van der Waals surface area contributed by atoms with E-state index in [0.717, 1.165) is 19.0 Å². The van der Waals surface area contributed by atoms with Crippen molar-refractivity contribution in [2.75, 3.05) is 20.6 Å². The lowest BCUT2D eigenvalue weighted by Gasteiger charge is -2.18. The molecule has 0 saturated heterocycles. The van der Waals surface area contributed by atoms with Crippen LogP contribution in [-0.2, 0) is 6.42 Å². The average molecular weight is 243 g/mol. The second-order valence-corrected chi connectivity index (χ2v) is 4.37. The molecule has 0 saturated carbocycles. The highest BCUT2D eigenvalue weighted by atomic mass is 19.2. The molecule has 0 aliphatic carbocycles. The van der Waals surface area contributed by atoms with Gasteiger partial charge in [0.15, 0.2) is 11.6 Å². The first-order valence-corrected chi connectivity index (χ1v) is 5.58. The number of rotatable bonds is 6. The van der Waals surface area contributed by atoms with Crippen LogP contribution in [0.15, 0.2) is 18.2 Å². The van der Waals surface area contributed by atoms with Crippen LogP contribution in [0.3, 0.4) is 0 Å². The van der Waals surface area contributed by atoms with Gasteiger partial charge in [0.05, 0.1) is 0 Å². The van der Waals surface area contributed by atoms with E-state index in [0.29, 0.717) is 12.0 Å². The van der Waals surface area contributed by atoms with Crippen LogP contribution in [0.1, 0.15) is 12.0 Å². The van der Waals surface area contributed by atoms with Gasteiger partial charge >= 0.3 is 0 Å². The summed E-state index contributed by atoms with van der Waals surface area (Å²) < 4.78 is 26.5. The molecule has 1 rings (SSSR count). The molecule has 96 valence electrons. The molecular weight excluding hydrogens is 224 g/mol. The first-order chi connectivity index (χ1) is 8.04. The minimum atomic E-state index is -0.814. The zero-order valence-electron chi connectivity index (χ0n) is 10.2. The van der Waals surface area contributed by atoms with Gasteiger partial charge in [-0.15, -0.1) is 0 Å². The third-order valence-electron chi connectivity index (χ3n) is 2.66. The van der Waals surface area contributed by atoms with E-state index in [9.17, 15) is 8.78 Å². The van der Waals surface area contributed by atoms with Gasteiger partial charge < -0.3 is 4.90 Å². The van der Waals surface area contributed by atoms with Crippen molar-refractivity contribution in [2.45, 2.75) is 18.9 Å². The van der Waals surface area contributed by atoms with Crippen LogP contribution in [0.4, 0.5) is 8.78 Å². The molecule has 3 N–H and O–H groups in total. The minimum Gasteiger partial charge on any atom is -0.309 e. The lowest BCUT2D eigenvalue weighted by Crippen LogP contribution is -2.39. The Morgan fingerprint density at radius 1 is 1.35 bits per heavy atom. The monoisotopic (exact) mass is 243 g/mol. The van der Waals surface area contributed by atoms with Crippen LogP contribution < -0.4 is 11.3 Å². The van der Waals surface area contributed by atoms with Gasteiger partial charge in [-0.25, -0.2) is 8.78 Å². The molecule has 17 heavy (non-hydrogen) atoms. The molecule has 0 aliphatic heterocycles. The van der Waals surface area contributed by atoms with E-state index in [1.54, 1.807) is 6.07 Å². The van der Waals surface area contributed by atoms with E-state index in [-0.39, 0.29) is 6.04 Å². The van der Waals surface area contributed by atoms with Gasteiger partial charge in [0, 0.05) is 6.04 Å². The highest BCUT2D eigenvalue weighted by Gasteiger charge is 2.13. The molecule has 3 nitrogen and oxygen atoms in total. The summed E-state index contributed by atoms with van der Waals surface area (Å²) >= 11 is 0. The summed E-state index contributed by atoms with van der Waals surface area (Å²) in [6.07, 6.45) is 1.16. The Hall–Kier alpha value is -1.04. The molecular formula is C12H19F2N3. The maximum Gasteiger partial charge on any atom is 0.162 e. The highest BCUT2D eigenvalue weighted by molar-refractivity contribution is 5.19. The van der Waals surface area contributed by atoms with Crippen molar-refractivity contribution < 1.29 is 8.78 Å². The Bertz CT molecular complexity index is 356. The van der Waals surface area contributed by atoms with Crippen molar-refractivity contribution in [1.82, 2.24) is 10.3 Å². The number of nitrogens with one attached hydrogen (secondary N) is 1. The van der Waals surface area contributed by atoms with E-state index < -0.39 is 11.6 Å². The average Bonchev–Trinajstić information content (AvgIpc) is 2.29. The molecule has 0 bridgehead atoms. The predicted octanol–water partition coefficient (Wildman–Crippen LogP) is 1.29. The number of nitrogens with two attached hydrogens (primary N) is 1. The van der Waals surface area contributed by atoms with Crippen molar-refractivity contribution in [3.05, 3.63) is 35.4 Å². The summed E-state index contributed by atoms with van der Waals surface area (Å²) in [6.45, 7) is 0.839. The van der Waals surface area contributed by atoms with E-state index >= 15 is 0 Å². The Morgan fingerprint density at radius 2 is 2.06 bits per heavy atom. The number of nitrogens with zero attached hydrogens (tertiary/aromatic N) is 1. The van der Waals surface area contributed by atoms with Crippen molar-refractivity contribution >= 4 is 0 Å². The number of hydrogen-bond donors (Lipinski definition) is 2. The van der Waals surface area contributed by atoms with Gasteiger partial charge in [-0.1, -0.05) is 12.1 Å². The highest BCUT2D eigenvalue weighted by Crippen LogP contribution is 2.14. The van der Waals surface area contributed by atoms with E-state index in [4.69, 9.17) is 5.84 Å². The summed E-state index contributed by atoms with van der Waals surface area (Å²) in [4.78, 5) is 2.02. The molecule has 0 aliphatic rings. The van der Waals surface area contributed by atoms with Gasteiger partial charge in [-0.3, -0.25) is 11.3 Å². The molecule has 0 heterocycles. The molecule has 0 amide bonds. The zero-order chi connectivity index (χ0) is 12.8. The summed E-state index contributed by atoms with van der Waals surface area (Å²) in [5, 5.41) is 0. The Kier molecular flexibility index (Phi) is 5.47. The van der Waals surface area contributed by atoms with Crippen LogP contribution in [0, 0.1) is 11.6 Å². The van der Waals surface area contributed by atoms with Gasteiger partial charge in [-0.05, 0) is 45.1 Å². The normalized spacial score (nSPS) is 13.1. The van der Waals surface area contributed by atoms with E-state index in [1.807, 2.05) is 19.0 Å². The van der Waals surface area contributed by atoms with Crippen molar-refractivity contribution in [3.63, 3.8) is 0 Å². The molecule has 1 atom stereocenters. The van der Waals surface area contributed by atoms with E-state index in [1.165, 1.54) is 6.07 Å². The predicted molar refractivity (Wildman–Crippen MR) is 64.3 cm³/mol. The number of halogens is 2. The quantitative estimate of drug-likeness (QED) is 0.584. The van der Waals surface area contributed by atoms with Crippen LogP contribution in [0.25, 0.3) is 0 Å². The lowest BCUT2D eigenvalue weighted by atomic mass is 10.0. The van der Waals surface area contributed by atoms with Crippen LogP contribution >= 0.6 is 0 Å². The lowest BCUT2D eigenvalue weighted by molar-refractivity contribution is 0.356. The standard InChI is InChI=1S/C12H19F2N3/c1-17(2)7-6-10(16-15)8-9-4-3-5-11(13)12(9)14/h3-5,10,16H,6-8,15H2,1-2H3. The maximum absolute atomic E-state index is 13.4.